The first-order valence-corrected chi connectivity index (χ1v) is 9.77. The highest BCUT2D eigenvalue weighted by Gasteiger charge is 2.13. The number of nitrogens with one attached hydrogen (secondary N) is 1. The van der Waals surface area contributed by atoms with Gasteiger partial charge < -0.3 is 14.6 Å². The fourth-order valence-corrected chi connectivity index (χ4v) is 2.90. The Morgan fingerprint density at radius 2 is 1.90 bits per heavy atom. The summed E-state index contributed by atoms with van der Waals surface area (Å²) in [4.78, 5) is 25.5. The second kappa shape index (κ2) is 9.12. The number of carbonyl (C=O) groups excluding carboxylic acids is 1. The van der Waals surface area contributed by atoms with Crippen LogP contribution < -0.4 is 10.1 Å². The van der Waals surface area contributed by atoms with E-state index >= 15 is 0 Å². The van der Waals surface area contributed by atoms with Crippen molar-refractivity contribution < 1.29 is 9.53 Å². The van der Waals surface area contributed by atoms with Gasteiger partial charge in [-0.25, -0.2) is 15.0 Å². The topological polar surface area (TPSA) is 108 Å². The van der Waals surface area contributed by atoms with E-state index in [2.05, 4.69) is 30.5 Å². The third kappa shape index (κ3) is 4.89. The van der Waals surface area contributed by atoms with Crippen molar-refractivity contribution in [2.45, 2.75) is 26.5 Å². The molecule has 4 rings (SSSR count). The third-order valence-electron chi connectivity index (χ3n) is 4.43. The number of benzene rings is 1. The minimum atomic E-state index is -0.295. The van der Waals surface area contributed by atoms with Gasteiger partial charge in [-0.05, 0) is 50.2 Å². The number of carbonyl (C=O) groups is 1. The number of anilines is 1. The molecule has 0 saturated heterocycles. The molecule has 156 valence electrons. The number of aromatic nitrogens is 6. The van der Waals surface area contributed by atoms with Crippen LogP contribution in [-0.4, -0.2) is 35.6 Å². The maximum absolute atomic E-state index is 12.7. The highest BCUT2D eigenvalue weighted by atomic mass is 16.5. The maximum atomic E-state index is 12.7. The van der Waals surface area contributed by atoms with Crippen LogP contribution in [0.1, 0.15) is 36.1 Å². The molecule has 0 radical (unpaired) electrons. The van der Waals surface area contributed by atoms with E-state index in [1.165, 1.54) is 0 Å². The van der Waals surface area contributed by atoms with E-state index in [9.17, 15) is 4.79 Å². The Kier molecular flexibility index (Phi) is 5.93. The van der Waals surface area contributed by atoms with E-state index in [1.807, 2.05) is 30.5 Å². The molecular formula is C22H21N7O2. The zero-order valence-electron chi connectivity index (χ0n) is 17.1. The van der Waals surface area contributed by atoms with E-state index < -0.39 is 0 Å². The van der Waals surface area contributed by atoms with Gasteiger partial charge in [0.2, 0.25) is 0 Å². The van der Waals surface area contributed by atoms with E-state index in [0.717, 1.165) is 0 Å². The summed E-state index contributed by atoms with van der Waals surface area (Å²) < 4.78 is 7.62. The highest BCUT2D eigenvalue weighted by molar-refractivity contribution is 6.04. The molecule has 0 saturated carbocycles. The Hall–Kier alpha value is -4.14. The summed E-state index contributed by atoms with van der Waals surface area (Å²) in [7, 11) is 0. The highest BCUT2D eigenvalue weighted by Crippen LogP contribution is 2.20. The zero-order chi connectivity index (χ0) is 21.6. The number of rotatable bonds is 7. The average Bonchev–Trinajstić information content (AvgIpc) is 3.29. The Bertz CT molecular complexity index is 1180. The van der Waals surface area contributed by atoms with Crippen molar-refractivity contribution in [1.82, 2.24) is 29.7 Å². The van der Waals surface area contributed by atoms with Gasteiger partial charge in [-0.1, -0.05) is 12.1 Å². The van der Waals surface area contributed by atoms with Gasteiger partial charge in [-0.2, -0.15) is 0 Å². The number of amides is 1. The Labute approximate surface area is 179 Å². The number of hydrogen-bond acceptors (Lipinski definition) is 7. The summed E-state index contributed by atoms with van der Waals surface area (Å²) in [5.74, 6) is 1.88. The molecule has 0 unspecified atom stereocenters. The van der Waals surface area contributed by atoms with Crippen LogP contribution in [0.4, 0.5) is 5.82 Å². The second-order valence-corrected chi connectivity index (χ2v) is 7.00. The van der Waals surface area contributed by atoms with E-state index in [1.54, 1.807) is 55.1 Å². The summed E-state index contributed by atoms with van der Waals surface area (Å²) in [5.41, 5.74) is 1.08. The number of nitrogens with zero attached hydrogens (tertiary/aromatic N) is 6. The van der Waals surface area contributed by atoms with Crippen LogP contribution >= 0.6 is 0 Å². The Balaban J connectivity index is 1.47. The molecule has 3 aromatic heterocycles. The van der Waals surface area contributed by atoms with Crippen molar-refractivity contribution in [2.75, 3.05) is 5.32 Å². The second-order valence-electron chi connectivity index (χ2n) is 7.00. The van der Waals surface area contributed by atoms with Crippen molar-refractivity contribution in [3.8, 4) is 17.3 Å². The lowest BCUT2D eigenvalue weighted by molar-refractivity contribution is 0.102. The first-order valence-electron chi connectivity index (χ1n) is 9.77. The van der Waals surface area contributed by atoms with Gasteiger partial charge in [0.25, 0.3) is 5.91 Å². The average molecular weight is 415 g/mol. The summed E-state index contributed by atoms with van der Waals surface area (Å²) in [6.45, 7) is 4.29. The monoisotopic (exact) mass is 415 g/mol. The molecule has 0 spiro atoms. The SMILES string of the molecule is CC(C)n1cnnc1-c1cccc(NC(=O)c2cccc(OCc3ncccn3)c2)n1. The van der Waals surface area contributed by atoms with Gasteiger partial charge in [0.15, 0.2) is 11.6 Å². The van der Waals surface area contributed by atoms with Crippen LogP contribution in [0.25, 0.3) is 11.5 Å². The molecule has 0 aliphatic rings. The predicted octanol–water partition coefficient (Wildman–Crippen LogP) is 3.54. The summed E-state index contributed by atoms with van der Waals surface area (Å²) >= 11 is 0. The van der Waals surface area contributed by atoms with Crippen molar-refractivity contribution in [1.29, 1.82) is 0 Å². The molecule has 1 amide bonds. The zero-order valence-corrected chi connectivity index (χ0v) is 17.1. The van der Waals surface area contributed by atoms with Crippen LogP contribution in [0, 0.1) is 0 Å². The van der Waals surface area contributed by atoms with Crippen LogP contribution in [0.2, 0.25) is 0 Å². The third-order valence-corrected chi connectivity index (χ3v) is 4.43. The molecule has 1 aromatic carbocycles. The summed E-state index contributed by atoms with van der Waals surface area (Å²) in [6.07, 6.45) is 4.97. The molecule has 9 heteroatoms. The van der Waals surface area contributed by atoms with Gasteiger partial charge >= 0.3 is 0 Å². The molecule has 0 fully saturated rings. The molecule has 0 atom stereocenters. The fraction of sp³-hybridized carbons (Fsp3) is 0.182. The standard InChI is InChI=1S/C22H21N7O2/c1-15(2)29-14-25-28-21(29)18-8-4-9-19(26-18)27-22(30)16-6-3-7-17(12-16)31-13-20-23-10-5-11-24-20/h3-12,14-15H,13H2,1-2H3,(H,26,27,30). The first kappa shape index (κ1) is 20.1. The minimum Gasteiger partial charge on any atom is -0.486 e. The summed E-state index contributed by atoms with van der Waals surface area (Å²) in [6, 6.07) is 14.2. The molecule has 3 heterocycles. The van der Waals surface area contributed by atoms with Crippen LogP contribution in [-0.2, 0) is 6.61 Å². The van der Waals surface area contributed by atoms with Crippen molar-refractivity contribution in [2.24, 2.45) is 0 Å². The smallest absolute Gasteiger partial charge is 0.256 e. The number of pyridine rings is 1. The fourth-order valence-electron chi connectivity index (χ4n) is 2.90. The van der Waals surface area contributed by atoms with Crippen LogP contribution in [0.5, 0.6) is 5.75 Å². The van der Waals surface area contributed by atoms with Crippen LogP contribution in [0.3, 0.4) is 0 Å². The van der Waals surface area contributed by atoms with Crippen molar-refractivity contribution in [3.63, 3.8) is 0 Å². The van der Waals surface area contributed by atoms with Gasteiger partial charge in [0.05, 0.1) is 0 Å². The first-order chi connectivity index (χ1) is 15.1. The lowest BCUT2D eigenvalue weighted by Gasteiger charge is -2.11. The molecule has 0 aliphatic carbocycles. The Morgan fingerprint density at radius 1 is 1.10 bits per heavy atom. The normalized spacial score (nSPS) is 10.8. The quantitative estimate of drug-likeness (QED) is 0.492. The largest absolute Gasteiger partial charge is 0.486 e. The van der Waals surface area contributed by atoms with Gasteiger partial charge in [-0.15, -0.1) is 10.2 Å². The minimum absolute atomic E-state index is 0.189. The molecule has 0 aliphatic heterocycles. The molecular weight excluding hydrogens is 394 g/mol. The Morgan fingerprint density at radius 3 is 2.71 bits per heavy atom. The predicted molar refractivity (Wildman–Crippen MR) is 114 cm³/mol. The lowest BCUT2D eigenvalue weighted by atomic mass is 10.2. The molecule has 31 heavy (non-hydrogen) atoms. The number of hydrogen-bond donors (Lipinski definition) is 1. The van der Waals surface area contributed by atoms with Gasteiger partial charge in [0.1, 0.15) is 30.2 Å². The van der Waals surface area contributed by atoms with Gasteiger partial charge in [0, 0.05) is 24.0 Å². The van der Waals surface area contributed by atoms with Crippen molar-refractivity contribution >= 4 is 11.7 Å². The molecule has 9 nitrogen and oxygen atoms in total. The lowest BCUT2D eigenvalue weighted by Crippen LogP contribution is -2.13. The summed E-state index contributed by atoms with van der Waals surface area (Å²) in [5, 5.41) is 10.9. The molecule has 4 aromatic rings. The van der Waals surface area contributed by atoms with Crippen LogP contribution in [0.15, 0.2) is 67.3 Å². The molecule has 1 N–H and O–H groups in total. The van der Waals surface area contributed by atoms with E-state index in [0.29, 0.717) is 34.5 Å². The van der Waals surface area contributed by atoms with E-state index in [4.69, 9.17) is 4.74 Å². The van der Waals surface area contributed by atoms with E-state index in [-0.39, 0.29) is 18.6 Å². The van der Waals surface area contributed by atoms with Gasteiger partial charge in [-0.3, -0.25) is 4.79 Å². The van der Waals surface area contributed by atoms with Crippen molar-refractivity contribution in [3.05, 3.63) is 78.6 Å². The molecule has 0 bridgehead atoms. The maximum Gasteiger partial charge on any atom is 0.256 e. The number of ether oxygens (including phenoxy) is 1.